The Bertz CT molecular complexity index is 825. The van der Waals surface area contributed by atoms with Gasteiger partial charge in [-0.25, -0.2) is 0 Å². The van der Waals surface area contributed by atoms with Crippen LogP contribution in [0.3, 0.4) is 0 Å². The summed E-state index contributed by atoms with van der Waals surface area (Å²) in [5.74, 6) is -0.199. The number of amides is 2. The van der Waals surface area contributed by atoms with Crippen LogP contribution in [0.25, 0.3) is 10.9 Å². The van der Waals surface area contributed by atoms with Crippen molar-refractivity contribution in [1.29, 1.82) is 0 Å². The molecule has 0 aliphatic carbocycles. The minimum Gasteiger partial charge on any atom is -0.353 e. The molecule has 1 aromatic heterocycles. The zero-order valence-corrected chi connectivity index (χ0v) is 16.0. The highest BCUT2D eigenvalue weighted by Gasteiger charge is 2.32. The zero-order chi connectivity index (χ0) is 18.8. The van der Waals surface area contributed by atoms with Crippen molar-refractivity contribution in [2.45, 2.75) is 52.7 Å². The van der Waals surface area contributed by atoms with E-state index >= 15 is 0 Å². The molecule has 0 saturated carbocycles. The van der Waals surface area contributed by atoms with E-state index in [0.29, 0.717) is 6.54 Å². The van der Waals surface area contributed by atoms with E-state index in [4.69, 9.17) is 0 Å². The molecular formula is C20H28N4O2. The van der Waals surface area contributed by atoms with Gasteiger partial charge in [-0.2, -0.15) is 0 Å². The SMILES string of the molecule is CCn1c(C)cc2cc(NC(=O)CC3C(=O)NCCN3C(C)C)ccc21. The van der Waals surface area contributed by atoms with Gasteiger partial charge in [0.2, 0.25) is 11.8 Å². The summed E-state index contributed by atoms with van der Waals surface area (Å²) >= 11 is 0. The lowest BCUT2D eigenvalue weighted by Crippen LogP contribution is -2.58. The maximum atomic E-state index is 12.5. The van der Waals surface area contributed by atoms with Crippen LogP contribution in [0.15, 0.2) is 24.3 Å². The standard InChI is InChI=1S/C20H28N4O2/c1-5-23-14(4)10-15-11-16(6-7-17(15)23)22-19(25)12-18-20(26)21-8-9-24(18)13(2)3/h6-7,10-11,13,18H,5,8-9,12H2,1-4H3,(H,21,26)(H,22,25). The third kappa shape index (κ3) is 3.60. The van der Waals surface area contributed by atoms with Gasteiger partial charge in [0.15, 0.2) is 0 Å². The van der Waals surface area contributed by atoms with Gasteiger partial charge in [0.05, 0.1) is 12.5 Å². The van der Waals surface area contributed by atoms with Gasteiger partial charge in [-0.3, -0.25) is 14.5 Å². The number of nitrogens with zero attached hydrogens (tertiary/aromatic N) is 2. The largest absolute Gasteiger partial charge is 0.353 e. The van der Waals surface area contributed by atoms with Gasteiger partial charge in [-0.1, -0.05) is 0 Å². The lowest BCUT2D eigenvalue weighted by Gasteiger charge is -2.37. The average Bonchev–Trinajstić information content (AvgIpc) is 2.90. The number of rotatable bonds is 5. The Kier molecular flexibility index (Phi) is 5.32. The minimum atomic E-state index is -0.407. The molecule has 2 amide bonds. The molecule has 6 nitrogen and oxygen atoms in total. The number of fused-ring (bicyclic) bond motifs is 1. The summed E-state index contributed by atoms with van der Waals surface area (Å²) in [5.41, 5.74) is 3.14. The Hall–Kier alpha value is -2.34. The Balaban J connectivity index is 1.73. The molecule has 2 heterocycles. The molecule has 26 heavy (non-hydrogen) atoms. The Morgan fingerprint density at radius 2 is 2.12 bits per heavy atom. The molecule has 1 fully saturated rings. The normalized spacial score (nSPS) is 18.3. The Morgan fingerprint density at radius 1 is 1.35 bits per heavy atom. The monoisotopic (exact) mass is 356 g/mol. The van der Waals surface area contributed by atoms with Crippen molar-refractivity contribution in [2.75, 3.05) is 18.4 Å². The number of hydrogen-bond donors (Lipinski definition) is 2. The molecule has 2 aromatic rings. The van der Waals surface area contributed by atoms with Crippen LogP contribution in [0.5, 0.6) is 0 Å². The highest BCUT2D eigenvalue weighted by molar-refractivity contribution is 5.97. The topological polar surface area (TPSA) is 66.4 Å². The highest BCUT2D eigenvalue weighted by Crippen LogP contribution is 2.23. The number of piperazine rings is 1. The van der Waals surface area contributed by atoms with Crippen molar-refractivity contribution >= 4 is 28.4 Å². The molecule has 1 aromatic carbocycles. The quantitative estimate of drug-likeness (QED) is 0.865. The van der Waals surface area contributed by atoms with E-state index in [1.165, 1.54) is 11.2 Å². The summed E-state index contributed by atoms with van der Waals surface area (Å²) in [6.45, 7) is 10.7. The summed E-state index contributed by atoms with van der Waals surface area (Å²) in [4.78, 5) is 26.8. The first kappa shape index (κ1) is 18.5. The van der Waals surface area contributed by atoms with Crippen molar-refractivity contribution in [2.24, 2.45) is 0 Å². The molecule has 3 rings (SSSR count). The number of aromatic nitrogens is 1. The fourth-order valence-electron chi connectivity index (χ4n) is 3.85. The molecule has 0 bridgehead atoms. The average molecular weight is 356 g/mol. The Morgan fingerprint density at radius 3 is 2.81 bits per heavy atom. The van der Waals surface area contributed by atoms with Gasteiger partial charge in [0, 0.05) is 48.0 Å². The summed E-state index contributed by atoms with van der Waals surface area (Å²) < 4.78 is 2.24. The summed E-state index contributed by atoms with van der Waals surface area (Å²) in [5, 5.41) is 6.93. The predicted molar refractivity (Wildman–Crippen MR) is 104 cm³/mol. The lowest BCUT2D eigenvalue weighted by atomic mass is 10.1. The highest BCUT2D eigenvalue weighted by atomic mass is 16.2. The zero-order valence-electron chi connectivity index (χ0n) is 16.0. The third-order valence-electron chi connectivity index (χ3n) is 5.12. The molecule has 0 radical (unpaired) electrons. The van der Waals surface area contributed by atoms with Gasteiger partial charge in [0.25, 0.3) is 0 Å². The predicted octanol–water partition coefficient (Wildman–Crippen LogP) is 2.51. The first-order valence-electron chi connectivity index (χ1n) is 9.34. The maximum Gasteiger partial charge on any atom is 0.237 e. The van der Waals surface area contributed by atoms with E-state index < -0.39 is 6.04 Å². The smallest absolute Gasteiger partial charge is 0.237 e. The van der Waals surface area contributed by atoms with E-state index in [1.807, 2.05) is 18.2 Å². The number of nitrogens with one attached hydrogen (secondary N) is 2. The molecule has 2 N–H and O–H groups in total. The first-order valence-corrected chi connectivity index (χ1v) is 9.34. The van der Waals surface area contributed by atoms with Gasteiger partial charge < -0.3 is 15.2 Å². The molecule has 1 saturated heterocycles. The van der Waals surface area contributed by atoms with E-state index in [1.54, 1.807) is 0 Å². The van der Waals surface area contributed by atoms with Crippen molar-refractivity contribution in [3.05, 3.63) is 30.0 Å². The number of aryl methyl sites for hydroxylation is 2. The first-order chi connectivity index (χ1) is 12.4. The molecule has 1 unspecified atom stereocenters. The van der Waals surface area contributed by atoms with Crippen LogP contribution in [0, 0.1) is 6.92 Å². The van der Waals surface area contributed by atoms with Crippen LogP contribution >= 0.6 is 0 Å². The Labute approximate surface area is 154 Å². The molecule has 6 heteroatoms. The number of carbonyl (C=O) groups excluding carboxylic acids is 2. The number of carbonyl (C=O) groups is 2. The van der Waals surface area contributed by atoms with Crippen molar-refractivity contribution < 1.29 is 9.59 Å². The molecular weight excluding hydrogens is 328 g/mol. The second-order valence-corrected chi connectivity index (χ2v) is 7.19. The third-order valence-corrected chi connectivity index (χ3v) is 5.12. The summed E-state index contributed by atoms with van der Waals surface area (Å²) in [6.07, 6.45) is 0.164. The van der Waals surface area contributed by atoms with E-state index in [-0.39, 0.29) is 24.3 Å². The van der Waals surface area contributed by atoms with E-state index in [2.05, 4.69) is 53.9 Å². The van der Waals surface area contributed by atoms with Crippen LogP contribution in [0.1, 0.15) is 32.9 Å². The fourth-order valence-corrected chi connectivity index (χ4v) is 3.85. The summed E-state index contributed by atoms with van der Waals surface area (Å²) in [6, 6.07) is 7.90. The van der Waals surface area contributed by atoms with Crippen LogP contribution in [0.4, 0.5) is 5.69 Å². The van der Waals surface area contributed by atoms with Gasteiger partial charge >= 0.3 is 0 Å². The van der Waals surface area contributed by atoms with Crippen LogP contribution in [-0.4, -0.2) is 46.5 Å². The van der Waals surface area contributed by atoms with Gasteiger partial charge in [0.1, 0.15) is 0 Å². The molecule has 1 atom stereocenters. The molecule has 1 aliphatic rings. The van der Waals surface area contributed by atoms with Gasteiger partial charge in [-0.15, -0.1) is 0 Å². The number of benzene rings is 1. The number of hydrogen-bond acceptors (Lipinski definition) is 3. The van der Waals surface area contributed by atoms with E-state index in [9.17, 15) is 9.59 Å². The number of anilines is 1. The maximum absolute atomic E-state index is 12.5. The molecule has 140 valence electrons. The van der Waals surface area contributed by atoms with Crippen LogP contribution < -0.4 is 10.6 Å². The van der Waals surface area contributed by atoms with E-state index in [0.717, 1.165) is 24.2 Å². The molecule has 0 spiro atoms. The van der Waals surface area contributed by atoms with Crippen LogP contribution in [0.2, 0.25) is 0 Å². The second kappa shape index (κ2) is 7.50. The summed E-state index contributed by atoms with van der Waals surface area (Å²) in [7, 11) is 0. The molecule has 1 aliphatic heterocycles. The van der Waals surface area contributed by atoms with Crippen molar-refractivity contribution in [3.63, 3.8) is 0 Å². The minimum absolute atomic E-state index is 0.0637. The lowest BCUT2D eigenvalue weighted by molar-refractivity contribution is -0.133. The van der Waals surface area contributed by atoms with Crippen LogP contribution in [-0.2, 0) is 16.1 Å². The van der Waals surface area contributed by atoms with Crippen molar-refractivity contribution in [1.82, 2.24) is 14.8 Å². The second-order valence-electron chi connectivity index (χ2n) is 7.19. The van der Waals surface area contributed by atoms with Gasteiger partial charge in [-0.05, 0) is 52.0 Å². The van der Waals surface area contributed by atoms with Crippen molar-refractivity contribution in [3.8, 4) is 0 Å². The fraction of sp³-hybridized carbons (Fsp3) is 0.500.